The molecule has 1 rings (SSSR count). The molecule has 1 saturated heterocycles. The molecule has 1 amide bonds. The van der Waals surface area contributed by atoms with Gasteiger partial charge in [-0.2, -0.15) is 30.7 Å². The second-order valence-corrected chi connectivity index (χ2v) is 3.40. The van der Waals surface area contributed by atoms with Crippen LogP contribution >= 0.6 is 0 Å². The fraction of sp³-hybridized carbons (Fsp3) is 0.857. The maximum atomic E-state index is 12.9. The van der Waals surface area contributed by atoms with E-state index in [9.17, 15) is 35.5 Å². The Bertz CT molecular complexity index is 298. The molecule has 1 heterocycles. The minimum atomic E-state index is -6.35. The van der Waals surface area contributed by atoms with Gasteiger partial charge in [0.15, 0.2) is 0 Å². The van der Waals surface area contributed by atoms with E-state index in [-0.39, 0.29) is 0 Å². The van der Waals surface area contributed by atoms with Crippen LogP contribution in [0, 0.1) is 5.92 Å². The minimum Gasteiger partial charge on any atom is -0.356 e. The van der Waals surface area contributed by atoms with Gasteiger partial charge in [-0.15, -0.1) is 0 Å². The van der Waals surface area contributed by atoms with Crippen LogP contribution in [-0.2, 0) is 4.79 Å². The lowest BCUT2D eigenvalue weighted by molar-refractivity contribution is -0.364. The van der Waals surface area contributed by atoms with E-state index in [1.807, 2.05) is 0 Å². The molecule has 0 radical (unpaired) electrons. The number of carbonyl (C=O) groups excluding carboxylic acids is 1. The van der Waals surface area contributed by atoms with E-state index in [0.717, 1.165) is 0 Å². The second kappa shape index (κ2) is 3.49. The third-order valence-corrected chi connectivity index (χ3v) is 2.26. The van der Waals surface area contributed by atoms with Crippen LogP contribution < -0.4 is 5.32 Å². The lowest BCUT2D eigenvalue weighted by atomic mass is 9.94. The molecule has 1 atom stereocenters. The number of hydrogen-bond donors (Lipinski definition) is 1. The van der Waals surface area contributed by atoms with E-state index in [0.29, 0.717) is 0 Å². The van der Waals surface area contributed by atoms with E-state index in [1.54, 1.807) is 5.32 Å². The molecule has 0 aromatic heterocycles. The van der Waals surface area contributed by atoms with Gasteiger partial charge < -0.3 is 5.32 Å². The van der Waals surface area contributed by atoms with E-state index < -0.39 is 42.8 Å². The molecule has 9 heteroatoms. The van der Waals surface area contributed by atoms with Crippen LogP contribution in [0.2, 0.25) is 0 Å². The SMILES string of the molecule is O=C1CC(C(F)(F)C(F)(F)C(F)(F)F)CN1. The number of alkyl halides is 7. The molecule has 94 valence electrons. The predicted molar refractivity (Wildman–Crippen MR) is 37.1 cm³/mol. The quantitative estimate of drug-likeness (QED) is 0.749. The first kappa shape index (κ1) is 13.0. The maximum absolute atomic E-state index is 12.9. The molecule has 2 nitrogen and oxygen atoms in total. The summed E-state index contributed by atoms with van der Waals surface area (Å²) in [6.45, 7) is -0.891. The van der Waals surface area contributed by atoms with Gasteiger partial charge in [-0.05, 0) is 0 Å². The molecule has 0 bridgehead atoms. The molecule has 1 aliphatic heterocycles. The van der Waals surface area contributed by atoms with Gasteiger partial charge in [0.05, 0.1) is 5.92 Å². The Morgan fingerprint density at radius 3 is 1.88 bits per heavy atom. The van der Waals surface area contributed by atoms with E-state index in [2.05, 4.69) is 0 Å². The summed E-state index contributed by atoms with van der Waals surface area (Å²) < 4.78 is 86.0. The predicted octanol–water partition coefficient (Wildman–Crippen LogP) is 1.96. The molecule has 0 aromatic carbocycles. The molecular formula is C7H6F7NO. The van der Waals surface area contributed by atoms with Gasteiger partial charge in [-0.3, -0.25) is 4.79 Å². The fourth-order valence-electron chi connectivity index (χ4n) is 1.31. The molecule has 16 heavy (non-hydrogen) atoms. The molecule has 0 aromatic rings. The van der Waals surface area contributed by atoms with Crippen LogP contribution in [0.4, 0.5) is 30.7 Å². The van der Waals surface area contributed by atoms with Crippen molar-refractivity contribution in [2.24, 2.45) is 5.92 Å². The topological polar surface area (TPSA) is 29.1 Å². The summed E-state index contributed by atoms with van der Waals surface area (Å²) in [5, 5.41) is 1.78. The number of hydrogen-bond acceptors (Lipinski definition) is 1. The summed E-state index contributed by atoms with van der Waals surface area (Å²) in [6, 6.07) is 0. The Morgan fingerprint density at radius 2 is 1.56 bits per heavy atom. The fourth-order valence-corrected chi connectivity index (χ4v) is 1.31. The van der Waals surface area contributed by atoms with Gasteiger partial charge >= 0.3 is 18.0 Å². The molecule has 0 aliphatic carbocycles. The number of nitrogens with one attached hydrogen (secondary N) is 1. The largest absolute Gasteiger partial charge is 0.459 e. The van der Waals surface area contributed by atoms with Gasteiger partial charge in [-0.25, -0.2) is 0 Å². The Hall–Kier alpha value is -1.02. The smallest absolute Gasteiger partial charge is 0.356 e. The Morgan fingerprint density at radius 1 is 1.06 bits per heavy atom. The molecular weight excluding hydrogens is 247 g/mol. The average molecular weight is 253 g/mol. The Balaban J connectivity index is 2.96. The molecule has 1 N–H and O–H groups in total. The first-order valence-corrected chi connectivity index (χ1v) is 4.09. The molecule has 1 aliphatic rings. The average Bonchev–Trinajstić information content (AvgIpc) is 2.49. The van der Waals surface area contributed by atoms with Crippen LogP contribution in [0.25, 0.3) is 0 Å². The van der Waals surface area contributed by atoms with Crippen LogP contribution in [0.15, 0.2) is 0 Å². The highest BCUT2D eigenvalue weighted by Crippen LogP contribution is 2.50. The van der Waals surface area contributed by atoms with Gasteiger partial charge in [-0.1, -0.05) is 0 Å². The summed E-state index contributed by atoms with van der Waals surface area (Å²) in [4.78, 5) is 10.5. The highest BCUT2D eigenvalue weighted by molar-refractivity contribution is 5.78. The molecule has 0 saturated carbocycles. The van der Waals surface area contributed by atoms with Gasteiger partial charge in [0, 0.05) is 13.0 Å². The van der Waals surface area contributed by atoms with Crippen molar-refractivity contribution < 1.29 is 35.5 Å². The lowest BCUT2D eigenvalue weighted by Crippen LogP contribution is -2.56. The monoisotopic (exact) mass is 253 g/mol. The van der Waals surface area contributed by atoms with Crippen LogP contribution in [0.1, 0.15) is 6.42 Å². The standard InChI is InChI=1S/C7H6F7NO/c8-5(9,3-1-4(16)15-2-3)6(10,11)7(12,13)14/h3H,1-2H2,(H,15,16). The first-order valence-electron chi connectivity index (χ1n) is 4.09. The number of amides is 1. The lowest BCUT2D eigenvalue weighted by Gasteiger charge is -2.31. The van der Waals surface area contributed by atoms with E-state index in [4.69, 9.17) is 0 Å². The highest BCUT2D eigenvalue weighted by atomic mass is 19.4. The van der Waals surface area contributed by atoms with Crippen molar-refractivity contribution in [1.29, 1.82) is 0 Å². The zero-order valence-electron chi connectivity index (χ0n) is 7.55. The van der Waals surface area contributed by atoms with Crippen LogP contribution in [0.5, 0.6) is 0 Å². The Labute approximate surface area is 84.8 Å². The maximum Gasteiger partial charge on any atom is 0.459 e. The molecule has 1 unspecified atom stereocenters. The van der Waals surface area contributed by atoms with Crippen molar-refractivity contribution in [3.63, 3.8) is 0 Å². The number of carbonyl (C=O) groups is 1. The normalized spacial score (nSPS) is 23.4. The summed E-state index contributed by atoms with van der Waals surface area (Å²) in [5.41, 5.74) is 0. The van der Waals surface area contributed by atoms with Crippen molar-refractivity contribution >= 4 is 5.91 Å². The zero-order chi connectivity index (χ0) is 12.8. The molecule has 0 spiro atoms. The third kappa shape index (κ3) is 1.82. The van der Waals surface area contributed by atoms with Crippen molar-refractivity contribution in [1.82, 2.24) is 5.32 Å². The van der Waals surface area contributed by atoms with Gasteiger partial charge in [0.2, 0.25) is 5.91 Å². The summed E-state index contributed by atoms with van der Waals surface area (Å²) >= 11 is 0. The summed E-state index contributed by atoms with van der Waals surface area (Å²) in [5.74, 6) is -14.8. The third-order valence-electron chi connectivity index (χ3n) is 2.26. The zero-order valence-corrected chi connectivity index (χ0v) is 7.55. The van der Waals surface area contributed by atoms with Crippen LogP contribution in [-0.4, -0.2) is 30.5 Å². The van der Waals surface area contributed by atoms with Gasteiger partial charge in [0.25, 0.3) is 0 Å². The Kier molecular flexibility index (Phi) is 2.85. The minimum absolute atomic E-state index is 0.891. The van der Waals surface area contributed by atoms with Crippen LogP contribution in [0.3, 0.4) is 0 Å². The number of halogens is 7. The van der Waals surface area contributed by atoms with Gasteiger partial charge in [0.1, 0.15) is 0 Å². The highest BCUT2D eigenvalue weighted by Gasteiger charge is 2.75. The van der Waals surface area contributed by atoms with Crippen molar-refractivity contribution in [2.45, 2.75) is 24.4 Å². The van der Waals surface area contributed by atoms with E-state index >= 15 is 0 Å². The number of rotatable bonds is 2. The second-order valence-electron chi connectivity index (χ2n) is 3.40. The van der Waals surface area contributed by atoms with E-state index in [1.165, 1.54) is 0 Å². The first-order chi connectivity index (χ1) is 7.00. The van der Waals surface area contributed by atoms with Crippen molar-refractivity contribution in [3.05, 3.63) is 0 Å². The summed E-state index contributed by atoms with van der Waals surface area (Å²) in [6.07, 6.45) is -7.39. The summed E-state index contributed by atoms with van der Waals surface area (Å²) in [7, 11) is 0. The van der Waals surface area contributed by atoms with Crippen molar-refractivity contribution in [2.75, 3.05) is 6.54 Å². The molecule has 1 fully saturated rings. The van der Waals surface area contributed by atoms with Crippen molar-refractivity contribution in [3.8, 4) is 0 Å².